The van der Waals surface area contributed by atoms with Gasteiger partial charge in [0.05, 0.1) is 18.2 Å². The fourth-order valence-electron chi connectivity index (χ4n) is 4.06. The van der Waals surface area contributed by atoms with Crippen molar-refractivity contribution in [2.45, 2.75) is 72.6 Å². The molecule has 8 heteroatoms. The molecule has 1 saturated heterocycles. The van der Waals surface area contributed by atoms with Gasteiger partial charge >= 0.3 is 6.09 Å². The zero-order chi connectivity index (χ0) is 24.2. The number of fused-ring (bicyclic) bond motifs is 1. The minimum Gasteiger partial charge on any atom is -0.444 e. The first-order valence-electron chi connectivity index (χ1n) is 11.9. The largest absolute Gasteiger partial charge is 0.444 e. The Hall–Kier alpha value is -2.61. The summed E-state index contributed by atoms with van der Waals surface area (Å²) in [5.74, 6) is 0.353. The van der Waals surface area contributed by atoms with Crippen LogP contribution in [0.1, 0.15) is 63.4 Å². The number of carbonyl (C=O) groups excluding carboxylic acids is 2. The molecule has 3 rings (SSSR count). The number of hydrogen-bond donors (Lipinski definition) is 1. The number of rotatable bonds is 7. The molecule has 1 aromatic carbocycles. The van der Waals surface area contributed by atoms with E-state index in [4.69, 9.17) is 14.6 Å². The molecule has 182 valence electrons. The van der Waals surface area contributed by atoms with Crippen LogP contribution in [0.15, 0.2) is 18.3 Å². The number of likely N-dealkylation sites (tertiary alicyclic amines) is 1. The number of nitrogens with zero attached hydrogens (tertiary/aromatic N) is 3. The molecule has 0 unspecified atom stereocenters. The van der Waals surface area contributed by atoms with Crippen LogP contribution in [-0.2, 0) is 16.0 Å². The highest BCUT2D eigenvalue weighted by atomic mass is 16.6. The molecule has 8 nitrogen and oxygen atoms in total. The maximum absolute atomic E-state index is 12.6. The number of hydrogen-bond acceptors (Lipinski definition) is 5. The Balaban J connectivity index is 1.58. The molecule has 2 aromatic rings. The van der Waals surface area contributed by atoms with Crippen molar-refractivity contribution >= 4 is 22.9 Å². The number of aryl methyl sites for hydroxylation is 1. The number of ether oxygens (including phenoxy) is 2. The van der Waals surface area contributed by atoms with Crippen LogP contribution in [0.3, 0.4) is 0 Å². The van der Waals surface area contributed by atoms with Gasteiger partial charge in [-0.2, -0.15) is 5.10 Å². The second-order valence-electron chi connectivity index (χ2n) is 10.1. The molecule has 2 heterocycles. The van der Waals surface area contributed by atoms with Crippen molar-refractivity contribution in [2.24, 2.45) is 5.92 Å². The van der Waals surface area contributed by atoms with Gasteiger partial charge in [0.15, 0.2) is 0 Å². The number of amides is 2. The van der Waals surface area contributed by atoms with E-state index in [1.807, 2.05) is 64.6 Å². The van der Waals surface area contributed by atoms with Gasteiger partial charge in [0.2, 0.25) is 0 Å². The Bertz CT molecular complexity index is 969. The van der Waals surface area contributed by atoms with E-state index in [0.29, 0.717) is 37.7 Å². The Morgan fingerprint density at radius 3 is 2.55 bits per heavy atom. The minimum atomic E-state index is -0.474. The Morgan fingerprint density at radius 2 is 1.91 bits per heavy atom. The molecule has 1 aromatic heterocycles. The van der Waals surface area contributed by atoms with Crippen molar-refractivity contribution in [2.75, 3.05) is 26.2 Å². The first-order chi connectivity index (χ1) is 15.5. The molecule has 1 N–H and O–H groups in total. The molecule has 0 atom stereocenters. The van der Waals surface area contributed by atoms with Crippen molar-refractivity contribution in [3.8, 4) is 0 Å². The fourth-order valence-corrected chi connectivity index (χ4v) is 4.06. The number of piperidine rings is 1. The number of aromatic nitrogens is 2. The zero-order valence-electron chi connectivity index (χ0n) is 20.8. The van der Waals surface area contributed by atoms with Crippen LogP contribution >= 0.6 is 0 Å². The monoisotopic (exact) mass is 458 g/mol. The van der Waals surface area contributed by atoms with Crippen LogP contribution < -0.4 is 5.32 Å². The van der Waals surface area contributed by atoms with E-state index in [-0.39, 0.29) is 18.1 Å². The predicted molar refractivity (Wildman–Crippen MR) is 128 cm³/mol. The predicted octanol–water partition coefficient (Wildman–Crippen LogP) is 4.15. The maximum Gasteiger partial charge on any atom is 0.410 e. The molecule has 0 aliphatic carbocycles. The maximum atomic E-state index is 12.6. The summed E-state index contributed by atoms with van der Waals surface area (Å²) < 4.78 is 12.9. The molecule has 1 aliphatic rings. The van der Waals surface area contributed by atoms with Crippen LogP contribution in [-0.4, -0.2) is 64.6 Å². The Labute approximate surface area is 196 Å². The summed E-state index contributed by atoms with van der Waals surface area (Å²) in [7, 11) is 0. The second-order valence-corrected chi connectivity index (χ2v) is 10.1. The normalized spacial score (nSPS) is 15.3. The lowest BCUT2D eigenvalue weighted by molar-refractivity contribution is 0.0177. The fraction of sp³-hybridized carbons (Fsp3) is 0.640. The molecule has 2 amide bonds. The van der Waals surface area contributed by atoms with Crippen molar-refractivity contribution in [1.29, 1.82) is 0 Å². The Morgan fingerprint density at radius 1 is 1.21 bits per heavy atom. The van der Waals surface area contributed by atoms with Gasteiger partial charge in [-0.1, -0.05) is 0 Å². The highest BCUT2D eigenvalue weighted by Crippen LogP contribution is 2.24. The quantitative estimate of drug-likeness (QED) is 0.630. The summed E-state index contributed by atoms with van der Waals surface area (Å²) in [5.41, 5.74) is 2.01. The topological polar surface area (TPSA) is 85.7 Å². The van der Waals surface area contributed by atoms with Gasteiger partial charge in [-0.25, -0.2) is 4.79 Å². The van der Waals surface area contributed by atoms with Crippen molar-refractivity contribution < 1.29 is 19.1 Å². The van der Waals surface area contributed by atoms with E-state index < -0.39 is 5.60 Å². The third kappa shape index (κ3) is 6.93. The summed E-state index contributed by atoms with van der Waals surface area (Å²) in [5, 5.41) is 8.64. The van der Waals surface area contributed by atoms with Gasteiger partial charge in [0, 0.05) is 43.3 Å². The van der Waals surface area contributed by atoms with Crippen LogP contribution in [0.25, 0.3) is 10.9 Å². The highest BCUT2D eigenvalue weighted by Gasteiger charge is 2.27. The van der Waals surface area contributed by atoms with Crippen molar-refractivity contribution in [3.05, 3.63) is 29.5 Å². The van der Waals surface area contributed by atoms with E-state index in [0.717, 1.165) is 35.9 Å². The van der Waals surface area contributed by atoms with Crippen LogP contribution in [0.5, 0.6) is 0 Å². The third-order valence-electron chi connectivity index (χ3n) is 5.80. The first-order valence-corrected chi connectivity index (χ1v) is 11.9. The molecule has 0 spiro atoms. The van der Waals surface area contributed by atoms with Gasteiger partial charge in [-0.3, -0.25) is 9.48 Å². The SMILES string of the molecule is Cc1c(C(=O)NCCOC(C)C)ccc2nn(CC3CCN(C(=O)OC(C)(C)C)CC3)cc12. The molecule has 0 radical (unpaired) electrons. The van der Waals surface area contributed by atoms with Crippen LogP contribution in [0.4, 0.5) is 4.79 Å². The highest BCUT2D eigenvalue weighted by molar-refractivity contribution is 6.00. The van der Waals surface area contributed by atoms with Gasteiger partial charge < -0.3 is 19.7 Å². The van der Waals surface area contributed by atoms with Gasteiger partial charge in [0.25, 0.3) is 5.91 Å². The van der Waals surface area contributed by atoms with E-state index in [2.05, 4.69) is 5.32 Å². The lowest BCUT2D eigenvalue weighted by Gasteiger charge is -2.33. The summed E-state index contributed by atoms with van der Waals surface area (Å²) in [4.78, 5) is 26.7. The van der Waals surface area contributed by atoms with E-state index >= 15 is 0 Å². The Kier molecular flexibility index (Phi) is 8.00. The van der Waals surface area contributed by atoms with Crippen molar-refractivity contribution in [3.63, 3.8) is 0 Å². The minimum absolute atomic E-state index is 0.0935. The van der Waals surface area contributed by atoms with Crippen molar-refractivity contribution in [1.82, 2.24) is 20.0 Å². The van der Waals surface area contributed by atoms with E-state index in [1.54, 1.807) is 4.90 Å². The average molecular weight is 459 g/mol. The third-order valence-corrected chi connectivity index (χ3v) is 5.80. The number of nitrogens with one attached hydrogen (secondary N) is 1. The summed E-state index contributed by atoms with van der Waals surface area (Å²) in [6.07, 6.45) is 3.78. The zero-order valence-corrected chi connectivity index (χ0v) is 20.8. The molecule has 1 aliphatic heterocycles. The van der Waals surface area contributed by atoms with Gasteiger partial charge in [-0.05, 0) is 78.0 Å². The lowest BCUT2D eigenvalue weighted by atomic mass is 9.97. The van der Waals surface area contributed by atoms with E-state index in [1.165, 1.54) is 0 Å². The average Bonchev–Trinajstić information content (AvgIpc) is 3.14. The van der Waals surface area contributed by atoms with E-state index in [9.17, 15) is 9.59 Å². The van der Waals surface area contributed by atoms with Gasteiger partial charge in [0.1, 0.15) is 5.60 Å². The molecular formula is C25H38N4O4. The summed E-state index contributed by atoms with van der Waals surface area (Å²) >= 11 is 0. The standard InChI is InChI=1S/C25H38N4O4/c1-17(2)32-14-11-26-23(30)20-7-8-22-21(18(20)3)16-29(27-22)15-19-9-12-28(13-10-19)24(31)33-25(4,5)6/h7-8,16-17,19H,9-15H2,1-6H3,(H,26,30). The van der Waals surface area contributed by atoms with Crippen LogP contribution in [0, 0.1) is 12.8 Å². The number of benzene rings is 1. The molecule has 0 saturated carbocycles. The molecule has 0 bridgehead atoms. The lowest BCUT2D eigenvalue weighted by Crippen LogP contribution is -2.42. The molecular weight excluding hydrogens is 420 g/mol. The summed E-state index contributed by atoms with van der Waals surface area (Å²) in [6.45, 7) is 14.7. The molecule has 33 heavy (non-hydrogen) atoms. The van der Waals surface area contributed by atoms with Crippen LogP contribution in [0.2, 0.25) is 0 Å². The number of carbonyl (C=O) groups is 2. The second kappa shape index (κ2) is 10.5. The summed E-state index contributed by atoms with van der Waals surface area (Å²) in [6, 6.07) is 3.75. The smallest absolute Gasteiger partial charge is 0.410 e. The first kappa shape index (κ1) is 25.0. The molecule has 1 fully saturated rings. The van der Waals surface area contributed by atoms with Gasteiger partial charge in [-0.15, -0.1) is 0 Å².